The van der Waals surface area contributed by atoms with Crippen molar-refractivity contribution in [3.63, 3.8) is 0 Å². The molecule has 1 heterocycles. The van der Waals surface area contributed by atoms with E-state index < -0.39 is 0 Å². The van der Waals surface area contributed by atoms with Crippen molar-refractivity contribution in [3.05, 3.63) is 12.4 Å². The number of nitrogens with one attached hydrogen (secondary N) is 1. The smallest absolute Gasteiger partial charge is 0.157 e. The molecule has 1 aromatic heterocycles. The Balaban J connectivity index is 1.74. The number of aryl methyl sites for hydroxylation is 1. The zero-order valence-corrected chi connectivity index (χ0v) is 11.1. The Labute approximate surface area is 103 Å². The number of nitrogens with zero attached hydrogens (tertiary/aromatic N) is 2. The van der Waals surface area contributed by atoms with E-state index in [4.69, 9.17) is 4.74 Å². The van der Waals surface area contributed by atoms with Crippen LogP contribution in [0.5, 0.6) is 5.75 Å². The fourth-order valence-electron chi connectivity index (χ4n) is 1.63. The van der Waals surface area contributed by atoms with E-state index in [0.29, 0.717) is 0 Å². The quantitative estimate of drug-likeness (QED) is 0.789. The molecule has 17 heavy (non-hydrogen) atoms. The van der Waals surface area contributed by atoms with Crippen molar-refractivity contribution < 1.29 is 4.74 Å². The van der Waals surface area contributed by atoms with Gasteiger partial charge in [0, 0.05) is 24.5 Å². The average Bonchev–Trinajstić information content (AvgIpc) is 3.02. The molecule has 1 N–H and O–H groups in total. The average molecular weight is 237 g/mol. The first-order chi connectivity index (χ1) is 8.09. The van der Waals surface area contributed by atoms with Gasteiger partial charge in [-0.05, 0) is 19.8 Å². The van der Waals surface area contributed by atoms with Crippen LogP contribution in [0.3, 0.4) is 0 Å². The lowest BCUT2D eigenvalue weighted by atomic mass is 9.95. The third-order valence-corrected chi connectivity index (χ3v) is 3.01. The summed E-state index contributed by atoms with van der Waals surface area (Å²) < 4.78 is 7.66. The lowest BCUT2D eigenvalue weighted by Gasteiger charge is -2.24. The van der Waals surface area contributed by atoms with Crippen LogP contribution in [-0.4, -0.2) is 29.0 Å². The van der Waals surface area contributed by atoms with Crippen molar-refractivity contribution >= 4 is 0 Å². The highest BCUT2D eigenvalue weighted by Gasteiger charge is 2.25. The Kier molecular flexibility index (Phi) is 3.72. The SMILES string of the molecule is CCn1cc(OCC(C)(C)CNC2CC2)cn1. The highest BCUT2D eigenvalue weighted by atomic mass is 16.5. The van der Waals surface area contributed by atoms with E-state index in [1.165, 1.54) is 12.8 Å². The molecule has 1 saturated carbocycles. The van der Waals surface area contributed by atoms with Gasteiger partial charge in [-0.15, -0.1) is 0 Å². The first-order valence-electron chi connectivity index (χ1n) is 6.48. The van der Waals surface area contributed by atoms with Gasteiger partial charge in [0.2, 0.25) is 0 Å². The normalized spacial score (nSPS) is 16.2. The fraction of sp³-hybridized carbons (Fsp3) is 0.769. The first-order valence-corrected chi connectivity index (χ1v) is 6.48. The van der Waals surface area contributed by atoms with Crippen LogP contribution in [0.25, 0.3) is 0 Å². The van der Waals surface area contributed by atoms with Gasteiger partial charge in [-0.1, -0.05) is 13.8 Å². The molecule has 1 aromatic rings. The van der Waals surface area contributed by atoms with Crippen molar-refractivity contribution in [2.24, 2.45) is 5.41 Å². The van der Waals surface area contributed by atoms with Crippen LogP contribution in [0.2, 0.25) is 0 Å². The molecule has 4 heteroatoms. The van der Waals surface area contributed by atoms with Crippen LogP contribution in [0.4, 0.5) is 0 Å². The second kappa shape index (κ2) is 5.08. The minimum absolute atomic E-state index is 0.164. The maximum atomic E-state index is 5.78. The Morgan fingerprint density at radius 1 is 1.53 bits per heavy atom. The topological polar surface area (TPSA) is 39.1 Å². The van der Waals surface area contributed by atoms with Gasteiger partial charge in [-0.3, -0.25) is 4.68 Å². The van der Waals surface area contributed by atoms with E-state index in [1.807, 2.05) is 10.9 Å². The molecule has 0 aromatic carbocycles. The third kappa shape index (κ3) is 4.04. The number of aromatic nitrogens is 2. The van der Waals surface area contributed by atoms with Gasteiger partial charge in [-0.2, -0.15) is 5.10 Å². The molecular formula is C13H23N3O. The van der Waals surface area contributed by atoms with Crippen molar-refractivity contribution in [1.82, 2.24) is 15.1 Å². The maximum absolute atomic E-state index is 5.78. The highest BCUT2D eigenvalue weighted by Crippen LogP contribution is 2.22. The number of hydrogen-bond acceptors (Lipinski definition) is 3. The van der Waals surface area contributed by atoms with Gasteiger partial charge in [0.15, 0.2) is 5.75 Å². The highest BCUT2D eigenvalue weighted by molar-refractivity contribution is 5.11. The number of hydrogen-bond donors (Lipinski definition) is 1. The summed E-state index contributed by atoms with van der Waals surface area (Å²) in [6.45, 7) is 9.15. The van der Waals surface area contributed by atoms with Gasteiger partial charge in [0.25, 0.3) is 0 Å². The summed E-state index contributed by atoms with van der Waals surface area (Å²) in [7, 11) is 0. The van der Waals surface area contributed by atoms with Crippen LogP contribution < -0.4 is 10.1 Å². The zero-order chi connectivity index (χ0) is 12.3. The van der Waals surface area contributed by atoms with Gasteiger partial charge in [-0.25, -0.2) is 0 Å². The molecule has 0 saturated heterocycles. The molecule has 4 nitrogen and oxygen atoms in total. The first kappa shape index (κ1) is 12.4. The Morgan fingerprint density at radius 2 is 2.29 bits per heavy atom. The van der Waals surface area contributed by atoms with Crippen LogP contribution in [0.1, 0.15) is 33.6 Å². The lowest BCUT2D eigenvalue weighted by Crippen LogP contribution is -2.35. The van der Waals surface area contributed by atoms with E-state index >= 15 is 0 Å². The standard InChI is InChI=1S/C13H23N3O/c1-4-16-8-12(7-15-16)17-10-13(2,3)9-14-11-5-6-11/h7-8,11,14H,4-6,9-10H2,1-3H3. The molecule has 0 radical (unpaired) electrons. The van der Waals surface area contributed by atoms with Gasteiger partial charge < -0.3 is 10.1 Å². The Bertz CT molecular complexity index is 355. The largest absolute Gasteiger partial charge is 0.490 e. The third-order valence-electron chi connectivity index (χ3n) is 3.01. The summed E-state index contributed by atoms with van der Waals surface area (Å²) in [5.41, 5.74) is 0.164. The predicted molar refractivity (Wildman–Crippen MR) is 68.2 cm³/mol. The molecule has 0 spiro atoms. The summed E-state index contributed by atoms with van der Waals surface area (Å²) in [6, 6.07) is 0.761. The van der Waals surface area contributed by atoms with Crippen LogP contribution in [-0.2, 0) is 6.54 Å². The van der Waals surface area contributed by atoms with Crippen molar-refractivity contribution in [2.75, 3.05) is 13.2 Å². The van der Waals surface area contributed by atoms with E-state index in [9.17, 15) is 0 Å². The molecule has 1 aliphatic carbocycles. The van der Waals surface area contributed by atoms with E-state index in [2.05, 4.69) is 31.2 Å². The van der Waals surface area contributed by atoms with E-state index in [0.717, 1.165) is 31.5 Å². The lowest BCUT2D eigenvalue weighted by molar-refractivity contribution is 0.176. The molecule has 96 valence electrons. The van der Waals surface area contributed by atoms with Crippen molar-refractivity contribution in [3.8, 4) is 5.75 Å². The fourth-order valence-corrected chi connectivity index (χ4v) is 1.63. The monoisotopic (exact) mass is 237 g/mol. The molecule has 2 rings (SSSR count). The van der Waals surface area contributed by atoms with Crippen LogP contribution >= 0.6 is 0 Å². The molecule has 1 fully saturated rings. The van der Waals surface area contributed by atoms with E-state index in [1.54, 1.807) is 6.20 Å². The number of ether oxygens (including phenoxy) is 1. The molecular weight excluding hydrogens is 214 g/mol. The van der Waals surface area contributed by atoms with Gasteiger partial charge in [0.05, 0.1) is 19.0 Å². The summed E-state index contributed by atoms with van der Waals surface area (Å²) in [6.07, 6.45) is 6.40. The molecule has 0 amide bonds. The van der Waals surface area contributed by atoms with Crippen molar-refractivity contribution in [2.45, 2.75) is 46.2 Å². The summed E-state index contributed by atoms with van der Waals surface area (Å²) in [5.74, 6) is 0.867. The van der Waals surface area contributed by atoms with Crippen LogP contribution in [0.15, 0.2) is 12.4 Å². The van der Waals surface area contributed by atoms with Crippen molar-refractivity contribution in [1.29, 1.82) is 0 Å². The maximum Gasteiger partial charge on any atom is 0.157 e. The molecule has 0 bridgehead atoms. The molecule has 0 atom stereocenters. The Morgan fingerprint density at radius 3 is 2.88 bits per heavy atom. The van der Waals surface area contributed by atoms with E-state index in [-0.39, 0.29) is 5.41 Å². The predicted octanol–water partition coefficient (Wildman–Crippen LogP) is 2.06. The second-order valence-electron chi connectivity index (χ2n) is 5.64. The Hall–Kier alpha value is -1.03. The van der Waals surface area contributed by atoms with Gasteiger partial charge >= 0.3 is 0 Å². The second-order valence-corrected chi connectivity index (χ2v) is 5.64. The minimum atomic E-state index is 0.164. The minimum Gasteiger partial charge on any atom is -0.490 e. The van der Waals surface area contributed by atoms with Gasteiger partial charge in [0.1, 0.15) is 0 Å². The number of rotatable bonds is 7. The summed E-state index contributed by atoms with van der Waals surface area (Å²) in [4.78, 5) is 0. The summed E-state index contributed by atoms with van der Waals surface area (Å²) >= 11 is 0. The van der Waals surface area contributed by atoms with Crippen LogP contribution in [0, 0.1) is 5.41 Å². The molecule has 1 aliphatic rings. The zero-order valence-electron chi connectivity index (χ0n) is 11.1. The molecule has 0 unspecified atom stereocenters. The summed E-state index contributed by atoms with van der Waals surface area (Å²) in [5, 5.41) is 7.74. The molecule has 0 aliphatic heterocycles.